The topological polar surface area (TPSA) is 50.2 Å². The van der Waals surface area contributed by atoms with Crippen LogP contribution in [0.1, 0.15) is 43.5 Å². The highest BCUT2D eigenvalue weighted by Crippen LogP contribution is 2.23. The minimum Gasteiger partial charge on any atom is -0.354 e. The SMILES string of the molecule is CCN(CCCNC(=O)Cn1cc2c(n1)CCC(C)C2)Cc1ccccc1. The number of carbonyl (C=O) groups is 1. The minimum absolute atomic E-state index is 0.0500. The zero-order valence-corrected chi connectivity index (χ0v) is 16.7. The number of hydrogen-bond donors (Lipinski definition) is 1. The second kappa shape index (κ2) is 9.70. The van der Waals surface area contributed by atoms with E-state index in [1.54, 1.807) is 0 Å². The number of fused-ring (bicyclic) bond motifs is 1. The molecule has 1 aliphatic carbocycles. The second-order valence-electron chi connectivity index (χ2n) is 7.70. The Hall–Kier alpha value is -2.14. The molecule has 27 heavy (non-hydrogen) atoms. The van der Waals surface area contributed by atoms with Gasteiger partial charge in [-0.3, -0.25) is 14.4 Å². The molecule has 1 N–H and O–H groups in total. The van der Waals surface area contributed by atoms with Crippen LogP contribution in [0.3, 0.4) is 0 Å². The molecule has 0 radical (unpaired) electrons. The van der Waals surface area contributed by atoms with Crippen molar-refractivity contribution in [2.75, 3.05) is 19.6 Å². The quantitative estimate of drug-likeness (QED) is 0.692. The van der Waals surface area contributed by atoms with Crippen LogP contribution in [0.5, 0.6) is 0 Å². The fraction of sp³-hybridized carbons (Fsp3) is 0.545. The lowest BCUT2D eigenvalue weighted by Gasteiger charge is -2.20. The number of nitrogens with zero attached hydrogens (tertiary/aromatic N) is 3. The fourth-order valence-electron chi connectivity index (χ4n) is 3.75. The molecule has 0 fully saturated rings. The molecular weight excluding hydrogens is 336 g/mol. The van der Waals surface area contributed by atoms with Crippen molar-refractivity contribution in [1.82, 2.24) is 20.0 Å². The highest BCUT2D eigenvalue weighted by atomic mass is 16.2. The van der Waals surface area contributed by atoms with E-state index in [1.807, 2.05) is 10.7 Å². The Morgan fingerprint density at radius 2 is 2.15 bits per heavy atom. The predicted octanol–water partition coefficient (Wildman–Crippen LogP) is 3.04. The average molecular weight is 369 g/mol. The van der Waals surface area contributed by atoms with Crippen molar-refractivity contribution in [3.63, 3.8) is 0 Å². The van der Waals surface area contributed by atoms with Gasteiger partial charge in [0.15, 0.2) is 0 Å². The molecule has 146 valence electrons. The third kappa shape index (κ3) is 5.93. The number of aryl methyl sites for hydroxylation is 1. The molecule has 0 bridgehead atoms. The molecule has 2 aromatic rings. The van der Waals surface area contributed by atoms with Crippen LogP contribution in [0.25, 0.3) is 0 Å². The zero-order chi connectivity index (χ0) is 19.1. The third-order valence-corrected chi connectivity index (χ3v) is 5.34. The van der Waals surface area contributed by atoms with Crippen molar-refractivity contribution in [3.05, 3.63) is 53.3 Å². The van der Waals surface area contributed by atoms with Crippen LogP contribution in [0.2, 0.25) is 0 Å². The van der Waals surface area contributed by atoms with Gasteiger partial charge in [0, 0.05) is 25.8 Å². The summed E-state index contributed by atoms with van der Waals surface area (Å²) >= 11 is 0. The Kier molecular flexibility index (Phi) is 7.04. The zero-order valence-electron chi connectivity index (χ0n) is 16.7. The highest BCUT2D eigenvalue weighted by molar-refractivity contribution is 5.75. The Morgan fingerprint density at radius 1 is 1.33 bits per heavy atom. The molecule has 1 aromatic carbocycles. The summed E-state index contributed by atoms with van der Waals surface area (Å²) < 4.78 is 1.81. The summed E-state index contributed by atoms with van der Waals surface area (Å²) in [6.45, 7) is 8.46. The molecule has 0 saturated carbocycles. The summed E-state index contributed by atoms with van der Waals surface area (Å²) in [4.78, 5) is 14.6. The summed E-state index contributed by atoms with van der Waals surface area (Å²) in [6, 6.07) is 10.5. The van der Waals surface area contributed by atoms with Gasteiger partial charge in [0.25, 0.3) is 0 Å². The summed E-state index contributed by atoms with van der Waals surface area (Å²) in [6.07, 6.45) is 6.35. The number of hydrogen-bond acceptors (Lipinski definition) is 3. The number of carbonyl (C=O) groups excluding carboxylic acids is 1. The van der Waals surface area contributed by atoms with Crippen molar-refractivity contribution in [3.8, 4) is 0 Å². The molecule has 1 amide bonds. The van der Waals surface area contributed by atoms with Crippen LogP contribution < -0.4 is 5.32 Å². The van der Waals surface area contributed by atoms with Crippen molar-refractivity contribution >= 4 is 5.91 Å². The lowest BCUT2D eigenvalue weighted by Crippen LogP contribution is -2.31. The van der Waals surface area contributed by atoms with E-state index < -0.39 is 0 Å². The lowest BCUT2D eigenvalue weighted by atomic mass is 9.89. The van der Waals surface area contributed by atoms with Gasteiger partial charge in [0.2, 0.25) is 5.91 Å². The van der Waals surface area contributed by atoms with Gasteiger partial charge >= 0.3 is 0 Å². The Bertz CT molecular complexity index is 725. The van der Waals surface area contributed by atoms with Crippen LogP contribution in [0.15, 0.2) is 36.5 Å². The third-order valence-electron chi connectivity index (χ3n) is 5.34. The van der Waals surface area contributed by atoms with E-state index in [2.05, 4.69) is 59.6 Å². The predicted molar refractivity (Wildman–Crippen MR) is 108 cm³/mol. The maximum absolute atomic E-state index is 12.2. The van der Waals surface area contributed by atoms with Gasteiger partial charge in [-0.2, -0.15) is 5.10 Å². The number of benzene rings is 1. The molecule has 5 heteroatoms. The van der Waals surface area contributed by atoms with Crippen LogP contribution in [-0.4, -0.2) is 40.2 Å². The monoisotopic (exact) mass is 368 g/mol. The number of rotatable bonds is 9. The van der Waals surface area contributed by atoms with E-state index in [4.69, 9.17) is 0 Å². The molecular formula is C22H32N4O. The first kappa shape index (κ1) is 19.6. The van der Waals surface area contributed by atoms with Crippen molar-refractivity contribution in [2.24, 2.45) is 5.92 Å². The summed E-state index contributed by atoms with van der Waals surface area (Å²) in [5.74, 6) is 0.773. The van der Waals surface area contributed by atoms with E-state index in [-0.39, 0.29) is 5.91 Å². The van der Waals surface area contributed by atoms with Crippen molar-refractivity contribution in [2.45, 2.75) is 52.6 Å². The van der Waals surface area contributed by atoms with Crippen molar-refractivity contribution in [1.29, 1.82) is 0 Å². The smallest absolute Gasteiger partial charge is 0.241 e. The first-order chi connectivity index (χ1) is 13.1. The molecule has 1 atom stereocenters. The number of amides is 1. The molecule has 1 unspecified atom stereocenters. The number of nitrogens with one attached hydrogen (secondary N) is 1. The van der Waals surface area contributed by atoms with E-state index in [0.29, 0.717) is 13.1 Å². The van der Waals surface area contributed by atoms with Gasteiger partial charge in [-0.15, -0.1) is 0 Å². The minimum atomic E-state index is 0.0500. The molecule has 1 aromatic heterocycles. The normalized spacial score (nSPS) is 16.3. The molecule has 0 aliphatic heterocycles. The summed E-state index contributed by atoms with van der Waals surface area (Å²) in [5.41, 5.74) is 3.84. The highest BCUT2D eigenvalue weighted by Gasteiger charge is 2.19. The van der Waals surface area contributed by atoms with Crippen LogP contribution in [0.4, 0.5) is 0 Å². The maximum Gasteiger partial charge on any atom is 0.241 e. The molecule has 1 aliphatic rings. The molecule has 3 rings (SSSR count). The first-order valence-electron chi connectivity index (χ1n) is 10.2. The fourth-order valence-corrected chi connectivity index (χ4v) is 3.75. The van der Waals surface area contributed by atoms with Gasteiger partial charge in [-0.25, -0.2) is 0 Å². The molecule has 0 spiro atoms. The van der Waals surface area contributed by atoms with Crippen LogP contribution in [-0.2, 0) is 30.7 Å². The van der Waals surface area contributed by atoms with E-state index >= 15 is 0 Å². The number of aromatic nitrogens is 2. The van der Waals surface area contributed by atoms with Gasteiger partial charge in [0.1, 0.15) is 6.54 Å². The van der Waals surface area contributed by atoms with Crippen molar-refractivity contribution < 1.29 is 4.79 Å². The van der Waals surface area contributed by atoms with E-state index in [9.17, 15) is 4.79 Å². The van der Waals surface area contributed by atoms with Crippen LogP contribution in [0, 0.1) is 5.92 Å². The summed E-state index contributed by atoms with van der Waals surface area (Å²) in [7, 11) is 0. The first-order valence-corrected chi connectivity index (χ1v) is 10.2. The molecule has 0 saturated heterocycles. The second-order valence-corrected chi connectivity index (χ2v) is 7.70. The van der Waals surface area contributed by atoms with Gasteiger partial charge in [-0.1, -0.05) is 44.2 Å². The maximum atomic E-state index is 12.2. The van der Waals surface area contributed by atoms with Crippen LogP contribution >= 0.6 is 0 Å². The van der Waals surface area contributed by atoms with E-state index in [1.165, 1.54) is 23.2 Å². The Labute approximate surface area is 162 Å². The Balaban J connectivity index is 1.37. The Morgan fingerprint density at radius 3 is 2.93 bits per heavy atom. The van der Waals surface area contributed by atoms with Gasteiger partial charge in [0.05, 0.1) is 5.69 Å². The molecule has 1 heterocycles. The lowest BCUT2D eigenvalue weighted by molar-refractivity contribution is -0.121. The van der Waals surface area contributed by atoms with E-state index in [0.717, 1.165) is 44.8 Å². The molecule has 5 nitrogen and oxygen atoms in total. The largest absolute Gasteiger partial charge is 0.354 e. The standard InChI is InChI=1S/C22H32N4O/c1-3-25(15-19-8-5-4-6-9-19)13-7-12-23-22(27)17-26-16-20-14-18(2)10-11-21(20)24-26/h4-6,8-9,16,18H,3,7,10-15,17H2,1-2H3,(H,23,27). The van der Waals surface area contributed by atoms with Gasteiger partial charge in [-0.05, 0) is 49.3 Å². The average Bonchev–Trinajstić information content (AvgIpc) is 3.06. The van der Waals surface area contributed by atoms with Gasteiger partial charge < -0.3 is 5.32 Å². The summed E-state index contributed by atoms with van der Waals surface area (Å²) in [5, 5.41) is 7.63.